The maximum absolute atomic E-state index is 13.1. The third kappa shape index (κ3) is 3.14. The predicted octanol–water partition coefficient (Wildman–Crippen LogP) is 3.18. The molecule has 3 aromatic rings. The monoisotopic (exact) mass is 355 g/mol. The fourth-order valence-corrected chi connectivity index (χ4v) is 3.16. The Hall–Kier alpha value is -2.89. The van der Waals surface area contributed by atoms with Gasteiger partial charge in [0.05, 0.1) is 17.1 Å². The normalized spacial score (nSPS) is 12.3. The number of likely N-dealkylation sites (N-methyl/N-ethyl adjacent to an activating group) is 1. The number of carbonyl (C=O) groups excluding carboxylic acids is 1. The van der Waals surface area contributed by atoms with Crippen molar-refractivity contribution in [3.8, 4) is 0 Å². The summed E-state index contributed by atoms with van der Waals surface area (Å²) in [6, 6.07) is 13.3. The Morgan fingerprint density at radius 3 is 2.23 bits per heavy atom. The molecule has 1 amide bonds. The molecule has 1 aromatic heterocycles. The van der Waals surface area contributed by atoms with Gasteiger partial charge in [0.25, 0.3) is 0 Å². The van der Waals surface area contributed by atoms with E-state index in [0.29, 0.717) is 6.54 Å². The second kappa shape index (κ2) is 7.15. The number of aromatic nitrogens is 2. The number of nitrogens with zero attached hydrogens (tertiary/aromatic N) is 3. The van der Waals surface area contributed by atoms with Crippen LogP contribution in [0.15, 0.2) is 53.3 Å². The Kier molecular flexibility index (Phi) is 4.93. The maximum atomic E-state index is 13.1. The van der Waals surface area contributed by atoms with E-state index < -0.39 is 0 Å². The quantitative estimate of drug-likeness (QED) is 0.706. The predicted molar refractivity (Wildman–Crippen MR) is 99.5 cm³/mol. The number of carbonyl (C=O) groups is 1. The fraction of sp³-hybridized carbons (Fsp3) is 0.300. The Balaban J connectivity index is 1.88. The van der Waals surface area contributed by atoms with Crippen LogP contribution in [0.5, 0.6) is 0 Å². The number of amides is 1. The second-order valence-electron chi connectivity index (χ2n) is 6.33. The number of hydrogen-bond donors (Lipinski definition) is 0. The van der Waals surface area contributed by atoms with Crippen LogP contribution in [0.3, 0.4) is 0 Å². The van der Waals surface area contributed by atoms with Gasteiger partial charge in [-0.2, -0.15) is 0 Å². The number of para-hydroxylation sites is 2. The lowest BCUT2D eigenvalue weighted by Crippen LogP contribution is -2.35. The van der Waals surface area contributed by atoms with Gasteiger partial charge in [-0.15, -0.1) is 0 Å². The van der Waals surface area contributed by atoms with E-state index in [1.807, 2.05) is 38.1 Å². The third-order valence-corrected chi connectivity index (χ3v) is 4.86. The molecule has 0 radical (unpaired) electrons. The lowest BCUT2D eigenvalue weighted by Gasteiger charge is -2.25. The van der Waals surface area contributed by atoms with Crippen LogP contribution in [-0.2, 0) is 17.9 Å². The summed E-state index contributed by atoms with van der Waals surface area (Å²) in [6.07, 6.45) is 0. The molecule has 26 heavy (non-hydrogen) atoms. The molecule has 0 saturated heterocycles. The van der Waals surface area contributed by atoms with Crippen molar-refractivity contribution in [3.63, 3.8) is 0 Å². The molecule has 0 spiro atoms. The van der Waals surface area contributed by atoms with Crippen LogP contribution in [0.4, 0.5) is 4.39 Å². The molecule has 1 heterocycles. The Morgan fingerprint density at radius 2 is 1.65 bits per heavy atom. The Labute approximate surface area is 151 Å². The van der Waals surface area contributed by atoms with Crippen LogP contribution in [-0.4, -0.2) is 27.0 Å². The van der Waals surface area contributed by atoms with Crippen LogP contribution in [0, 0.1) is 5.82 Å². The lowest BCUT2D eigenvalue weighted by molar-refractivity contribution is -0.132. The minimum Gasteiger partial charge on any atom is -0.337 e. The van der Waals surface area contributed by atoms with Gasteiger partial charge in [0.15, 0.2) is 0 Å². The number of halogens is 1. The minimum atomic E-state index is -0.311. The number of hydrogen-bond acceptors (Lipinski definition) is 2. The van der Waals surface area contributed by atoms with Crippen molar-refractivity contribution in [2.75, 3.05) is 7.05 Å². The van der Waals surface area contributed by atoms with Crippen molar-refractivity contribution in [1.82, 2.24) is 14.0 Å². The van der Waals surface area contributed by atoms with Gasteiger partial charge < -0.3 is 4.90 Å². The molecular formula is C20H22FN3O2. The van der Waals surface area contributed by atoms with Crippen LogP contribution in [0.1, 0.15) is 25.5 Å². The molecule has 0 N–H and O–H groups in total. The number of rotatable bonds is 5. The fourth-order valence-electron chi connectivity index (χ4n) is 3.16. The van der Waals surface area contributed by atoms with Crippen molar-refractivity contribution in [2.24, 2.45) is 0 Å². The molecule has 5 nitrogen and oxygen atoms in total. The summed E-state index contributed by atoms with van der Waals surface area (Å²) in [7, 11) is 1.69. The first-order chi connectivity index (χ1) is 12.4. The molecule has 2 aromatic carbocycles. The average Bonchev–Trinajstić information content (AvgIpc) is 2.92. The molecular weight excluding hydrogens is 333 g/mol. The molecule has 0 aliphatic heterocycles. The highest BCUT2D eigenvalue weighted by atomic mass is 19.1. The van der Waals surface area contributed by atoms with Gasteiger partial charge in [0.2, 0.25) is 5.91 Å². The summed E-state index contributed by atoms with van der Waals surface area (Å²) in [5.41, 5.74) is 2.22. The van der Waals surface area contributed by atoms with E-state index in [9.17, 15) is 14.0 Å². The highest BCUT2D eigenvalue weighted by Crippen LogP contribution is 2.20. The lowest BCUT2D eigenvalue weighted by atomic mass is 10.1. The van der Waals surface area contributed by atoms with Crippen LogP contribution in [0.2, 0.25) is 0 Å². The van der Waals surface area contributed by atoms with Crippen LogP contribution in [0.25, 0.3) is 11.0 Å². The van der Waals surface area contributed by atoms with Crippen molar-refractivity contribution in [3.05, 3.63) is 70.4 Å². The molecule has 6 heteroatoms. The van der Waals surface area contributed by atoms with Crippen molar-refractivity contribution < 1.29 is 9.18 Å². The van der Waals surface area contributed by atoms with E-state index in [-0.39, 0.29) is 30.0 Å². The maximum Gasteiger partial charge on any atom is 0.329 e. The van der Waals surface area contributed by atoms with E-state index in [1.165, 1.54) is 16.7 Å². The molecule has 0 aliphatic rings. The van der Waals surface area contributed by atoms with Gasteiger partial charge in [-0.1, -0.05) is 24.3 Å². The summed E-state index contributed by atoms with van der Waals surface area (Å²) in [5.74, 6) is -0.489. The van der Waals surface area contributed by atoms with E-state index in [1.54, 1.807) is 28.6 Å². The van der Waals surface area contributed by atoms with Gasteiger partial charge in [-0.25, -0.2) is 9.18 Å². The second-order valence-corrected chi connectivity index (χ2v) is 6.33. The van der Waals surface area contributed by atoms with Crippen molar-refractivity contribution in [2.45, 2.75) is 33.0 Å². The SMILES string of the molecule is CCn1c(=O)n(CC(=O)N(C)[C@@H](C)c2ccc(F)cc2)c2ccccc21. The van der Waals surface area contributed by atoms with Crippen molar-refractivity contribution in [1.29, 1.82) is 0 Å². The molecule has 0 saturated carbocycles. The van der Waals surface area contributed by atoms with Gasteiger partial charge in [0, 0.05) is 13.6 Å². The Bertz CT molecular complexity index is 988. The summed E-state index contributed by atoms with van der Waals surface area (Å²) >= 11 is 0. The number of aryl methyl sites for hydroxylation is 1. The largest absolute Gasteiger partial charge is 0.337 e. The molecule has 0 unspecified atom stereocenters. The molecule has 0 aliphatic carbocycles. The summed E-state index contributed by atoms with van der Waals surface area (Å²) in [4.78, 5) is 27.0. The van der Waals surface area contributed by atoms with Gasteiger partial charge in [-0.3, -0.25) is 13.9 Å². The first-order valence-electron chi connectivity index (χ1n) is 8.63. The van der Waals surface area contributed by atoms with E-state index in [4.69, 9.17) is 0 Å². The van der Waals surface area contributed by atoms with E-state index in [2.05, 4.69) is 0 Å². The van der Waals surface area contributed by atoms with Crippen LogP contribution >= 0.6 is 0 Å². The minimum absolute atomic E-state index is 0.0334. The highest BCUT2D eigenvalue weighted by molar-refractivity contribution is 5.81. The molecule has 0 fully saturated rings. The summed E-state index contributed by atoms with van der Waals surface area (Å²) < 4.78 is 16.3. The average molecular weight is 355 g/mol. The first kappa shape index (κ1) is 17.9. The first-order valence-corrected chi connectivity index (χ1v) is 8.63. The van der Waals surface area contributed by atoms with Crippen LogP contribution < -0.4 is 5.69 Å². The highest BCUT2D eigenvalue weighted by Gasteiger charge is 2.20. The number of imidazole rings is 1. The zero-order chi connectivity index (χ0) is 18.8. The van der Waals surface area contributed by atoms with Crippen molar-refractivity contribution >= 4 is 16.9 Å². The zero-order valence-corrected chi connectivity index (χ0v) is 15.1. The smallest absolute Gasteiger partial charge is 0.329 e. The zero-order valence-electron chi connectivity index (χ0n) is 15.1. The standard InChI is InChI=1S/C20H22FN3O2/c1-4-23-17-7-5-6-8-18(17)24(20(23)26)13-19(25)22(3)14(2)15-9-11-16(21)12-10-15/h5-12,14H,4,13H2,1-3H3/t14-/m0/s1. The third-order valence-electron chi connectivity index (χ3n) is 4.86. The molecule has 0 bridgehead atoms. The topological polar surface area (TPSA) is 47.2 Å². The number of benzene rings is 2. The molecule has 136 valence electrons. The van der Waals surface area contributed by atoms with Gasteiger partial charge in [0.1, 0.15) is 12.4 Å². The van der Waals surface area contributed by atoms with E-state index in [0.717, 1.165) is 16.6 Å². The van der Waals surface area contributed by atoms with Gasteiger partial charge >= 0.3 is 5.69 Å². The summed E-state index contributed by atoms with van der Waals surface area (Å²) in [6.45, 7) is 4.29. The number of fused-ring (bicyclic) bond motifs is 1. The van der Waals surface area contributed by atoms with Gasteiger partial charge in [-0.05, 0) is 43.7 Å². The summed E-state index contributed by atoms with van der Waals surface area (Å²) in [5, 5.41) is 0. The van der Waals surface area contributed by atoms with E-state index >= 15 is 0 Å². The Morgan fingerprint density at radius 1 is 1.08 bits per heavy atom. The molecule has 1 atom stereocenters. The molecule has 3 rings (SSSR count).